The van der Waals surface area contributed by atoms with Gasteiger partial charge in [-0.1, -0.05) is 67.7 Å². The lowest BCUT2D eigenvalue weighted by atomic mass is 10.00. The molecule has 176 valence electrons. The van der Waals surface area contributed by atoms with E-state index >= 15 is 0 Å². The van der Waals surface area contributed by atoms with Gasteiger partial charge in [-0.3, -0.25) is 0 Å². The van der Waals surface area contributed by atoms with E-state index in [4.69, 9.17) is 0 Å². The van der Waals surface area contributed by atoms with Gasteiger partial charge in [0.05, 0.1) is 22.1 Å². The van der Waals surface area contributed by atoms with Crippen molar-refractivity contribution in [1.29, 1.82) is 0 Å². The van der Waals surface area contributed by atoms with Gasteiger partial charge >= 0.3 is 0 Å². The van der Waals surface area contributed by atoms with E-state index in [1.165, 1.54) is 71.3 Å². The minimum Gasteiger partial charge on any atom is -0.344 e. The number of aryl methyl sites for hydroxylation is 1. The molecule has 0 fully saturated rings. The summed E-state index contributed by atoms with van der Waals surface area (Å²) in [4.78, 5) is 0. The first-order valence-electron chi connectivity index (χ1n) is 13.0. The molecule has 1 aliphatic rings. The standard InChI is InChI=1S/C33H25N3Si/c1-34-24-14-9-13-22-28-21-12-7-8-15-27(21)37(2,3)33(28)36-26-18-19-35(20-10-5-4-6-11-20)31(26)23-16-17-25(34)30(29(22)24)32(23)36/h4-19H,1-3H3. The number of hydrogen-bond acceptors (Lipinski definition) is 0. The zero-order chi connectivity index (χ0) is 24.6. The van der Waals surface area contributed by atoms with Crippen molar-refractivity contribution in [2.45, 2.75) is 13.1 Å². The molecule has 0 saturated heterocycles. The molecule has 0 aliphatic carbocycles. The Kier molecular flexibility index (Phi) is 3.40. The first-order chi connectivity index (χ1) is 18.1. The van der Waals surface area contributed by atoms with Crippen molar-refractivity contribution in [2.24, 2.45) is 7.05 Å². The van der Waals surface area contributed by atoms with Crippen molar-refractivity contribution < 1.29 is 0 Å². The van der Waals surface area contributed by atoms with E-state index in [9.17, 15) is 0 Å². The average molecular weight is 492 g/mol. The Morgan fingerprint density at radius 3 is 2.27 bits per heavy atom. The van der Waals surface area contributed by atoms with E-state index in [0.29, 0.717) is 0 Å². The summed E-state index contributed by atoms with van der Waals surface area (Å²) in [7, 11) is 0.204. The van der Waals surface area contributed by atoms with E-state index in [1.54, 1.807) is 5.19 Å². The quantitative estimate of drug-likeness (QED) is 0.221. The summed E-state index contributed by atoms with van der Waals surface area (Å²) in [5.74, 6) is 0. The Balaban J connectivity index is 1.66. The van der Waals surface area contributed by atoms with Gasteiger partial charge in [0.1, 0.15) is 8.07 Å². The van der Waals surface area contributed by atoms with Crippen LogP contribution >= 0.6 is 0 Å². The van der Waals surface area contributed by atoms with Gasteiger partial charge in [0, 0.05) is 51.5 Å². The van der Waals surface area contributed by atoms with Crippen LogP contribution in [0.5, 0.6) is 0 Å². The van der Waals surface area contributed by atoms with Gasteiger partial charge in [-0.15, -0.1) is 0 Å². The summed E-state index contributed by atoms with van der Waals surface area (Å²) in [6, 6.07) is 33.9. The van der Waals surface area contributed by atoms with Crippen molar-refractivity contribution in [3.05, 3.63) is 97.2 Å². The molecule has 4 aromatic carbocycles. The van der Waals surface area contributed by atoms with Crippen LogP contribution in [-0.2, 0) is 7.05 Å². The summed E-state index contributed by atoms with van der Waals surface area (Å²) in [6.07, 6.45) is 2.25. The molecule has 0 saturated carbocycles. The largest absolute Gasteiger partial charge is 0.344 e. The van der Waals surface area contributed by atoms with Gasteiger partial charge in [-0.25, -0.2) is 0 Å². The highest BCUT2D eigenvalue weighted by molar-refractivity contribution is 7.03. The second kappa shape index (κ2) is 6.34. The lowest BCUT2D eigenvalue weighted by Crippen LogP contribution is -2.51. The molecule has 0 spiro atoms. The highest BCUT2D eigenvalue weighted by Crippen LogP contribution is 2.45. The van der Waals surface area contributed by atoms with Gasteiger partial charge in [0.15, 0.2) is 0 Å². The molecule has 3 nitrogen and oxygen atoms in total. The molecule has 4 heteroatoms. The Morgan fingerprint density at radius 2 is 1.41 bits per heavy atom. The maximum atomic E-state index is 2.67. The van der Waals surface area contributed by atoms with Crippen molar-refractivity contribution >= 4 is 67.7 Å². The summed E-state index contributed by atoms with van der Waals surface area (Å²) >= 11 is 0. The maximum Gasteiger partial charge on any atom is 0.134 e. The average Bonchev–Trinajstić information content (AvgIpc) is 3.60. The maximum absolute atomic E-state index is 2.67. The number of para-hydroxylation sites is 1. The van der Waals surface area contributed by atoms with Crippen LogP contribution in [0.15, 0.2) is 97.2 Å². The van der Waals surface area contributed by atoms with Gasteiger partial charge in [0.25, 0.3) is 0 Å². The van der Waals surface area contributed by atoms with E-state index in [0.717, 1.165) is 0 Å². The molecule has 0 bridgehead atoms. The van der Waals surface area contributed by atoms with Crippen molar-refractivity contribution in [3.8, 4) is 16.8 Å². The second-order valence-corrected chi connectivity index (χ2v) is 15.4. The number of nitrogens with zero attached hydrogens (tertiary/aromatic N) is 3. The molecular weight excluding hydrogens is 466 g/mol. The van der Waals surface area contributed by atoms with Gasteiger partial charge in [-0.2, -0.15) is 0 Å². The molecule has 0 unspecified atom stereocenters. The number of rotatable bonds is 1. The number of benzene rings is 4. The fraction of sp³-hybridized carbons (Fsp3) is 0.0909. The highest BCUT2D eigenvalue weighted by Gasteiger charge is 2.41. The highest BCUT2D eigenvalue weighted by atomic mass is 28.3. The van der Waals surface area contributed by atoms with Crippen LogP contribution in [0.4, 0.5) is 0 Å². The SMILES string of the molecule is Cn1c2cccc3c4c(n5c6ccn(-c7ccccc7)c6c6ccc1c(c32)c65)[Si](C)(C)c1ccccc1-4. The first-order valence-corrected chi connectivity index (χ1v) is 16.0. The lowest BCUT2D eigenvalue weighted by Gasteiger charge is -2.20. The number of fused-ring (bicyclic) bond motifs is 8. The number of hydrogen-bond donors (Lipinski definition) is 0. The van der Waals surface area contributed by atoms with Gasteiger partial charge < -0.3 is 13.5 Å². The molecular formula is C33H25N3Si. The number of aromatic nitrogens is 3. The molecule has 4 aromatic heterocycles. The van der Waals surface area contributed by atoms with Gasteiger partial charge in [0.2, 0.25) is 0 Å². The first kappa shape index (κ1) is 19.9. The van der Waals surface area contributed by atoms with Crippen LogP contribution in [0.3, 0.4) is 0 Å². The van der Waals surface area contributed by atoms with Crippen molar-refractivity contribution in [1.82, 2.24) is 13.5 Å². The summed E-state index contributed by atoms with van der Waals surface area (Å²) in [5.41, 5.74) is 10.6. The molecule has 0 N–H and O–H groups in total. The second-order valence-electron chi connectivity index (χ2n) is 11.1. The molecule has 9 rings (SSSR count). The predicted octanol–water partition coefficient (Wildman–Crippen LogP) is 6.92. The van der Waals surface area contributed by atoms with Crippen molar-refractivity contribution in [2.75, 3.05) is 0 Å². The lowest BCUT2D eigenvalue weighted by molar-refractivity contribution is 1.01. The third kappa shape index (κ3) is 2.13. The van der Waals surface area contributed by atoms with E-state index in [-0.39, 0.29) is 0 Å². The molecule has 0 atom stereocenters. The third-order valence-corrected chi connectivity index (χ3v) is 12.4. The summed E-state index contributed by atoms with van der Waals surface area (Å²) in [6.45, 7) is 5.08. The summed E-state index contributed by atoms with van der Waals surface area (Å²) in [5, 5.41) is 8.56. The predicted molar refractivity (Wildman–Crippen MR) is 159 cm³/mol. The minimum atomic E-state index is -2.01. The Hall–Kier alpha value is -4.28. The molecule has 0 radical (unpaired) electrons. The zero-order valence-electron chi connectivity index (χ0n) is 21.1. The molecule has 37 heavy (non-hydrogen) atoms. The van der Waals surface area contributed by atoms with E-state index in [1.807, 2.05) is 0 Å². The topological polar surface area (TPSA) is 14.3 Å². The van der Waals surface area contributed by atoms with Crippen LogP contribution in [0.1, 0.15) is 0 Å². The van der Waals surface area contributed by atoms with Crippen LogP contribution in [0.2, 0.25) is 13.1 Å². The smallest absolute Gasteiger partial charge is 0.134 e. The molecule has 0 amide bonds. The van der Waals surface area contributed by atoms with E-state index in [2.05, 4.69) is 131 Å². The zero-order valence-corrected chi connectivity index (χ0v) is 22.1. The molecule has 1 aliphatic heterocycles. The van der Waals surface area contributed by atoms with Gasteiger partial charge in [-0.05, 0) is 52.5 Å². The Morgan fingerprint density at radius 1 is 0.622 bits per heavy atom. The van der Waals surface area contributed by atoms with Crippen LogP contribution in [0.25, 0.3) is 65.9 Å². The third-order valence-electron chi connectivity index (χ3n) is 8.98. The Bertz CT molecular complexity index is 2220. The fourth-order valence-electron chi connectivity index (χ4n) is 7.45. The Labute approximate surface area is 215 Å². The monoisotopic (exact) mass is 491 g/mol. The molecule has 5 heterocycles. The minimum absolute atomic E-state index is 1.20. The fourth-order valence-corrected chi connectivity index (χ4v) is 10.8. The molecule has 8 aromatic rings. The van der Waals surface area contributed by atoms with Crippen LogP contribution < -0.4 is 10.5 Å². The normalized spacial score (nSPS) is 14.6. The van der Waals surface area contributed by atoms with E-state index < -0.39 is 8.07 Å². The van der Waals surface area contributed by atoms with Crippen LogP contribution in [-0.4, -0.2) is 21.6 Å². The van der Waals surface area contributed by atoms with Crippen molar-refractivity contribution in [3.63, 3.8) is 0 Å². The van der Waals surface area contributed by atoms with Crippen LogP contribution in [0, 0.1) is 0 Å². The summed E-state index contributed by atoms with van der Waals surface area (Å²) < 4.78 is 7.44.